The number of allylic oxidation sites excluding steroid dienone is 1. The lowest BCUT2D eigenvalue weighted by atomic mass is 9.52. The zero-order chi connectivity index (χ0) is 23.0. The highest BCUT2D eigenvalue weighted by molar-refractivity contribution is 5.73. The largest absolute Gasteiger partial charge is 0.369 e. The van der Waals surface area contributed by atoms with Crippen LogP contribution in [0.15, 0.2) is 11.1 Å². The first-order valence-electron chi connectivity index (χ1n) is 14.2. The molecule has 0 radical (unpaired) electrons. The summed E-state index contributed by atoms with van der Waals surface area (Å²) in [5.41, 5.74) is 4.06. The minimum Gasteiger partial charge on any atom is -0.369 e. The number of rotatable bonds is 1. The molecule has 3 saturated carbocycles. The summed E-state index contributed by atoms with van der Waals surface area (Å²) >= 11 is 0. The zero-order valence-electron chi connectivity index (χ0n) is 21.4. The van der Waals surface area contributed by atoms with Crippen molar-refractivity contribution in [2.75, 3.05) is 6.54 Å². The van der Waals surface area contributed by atoms with Crippen molar-refractivity contribution in [2.24, 2.45) is 35.0 Å². The lowest BCUT2D eigenvalue weighted by Crippen LogP contribution is -2.50. The third kappa shape index (κ3) is 3.48. The van der Waals surface area contributed by atoms with Crippen LogP contribution in [0.1, 0.15) is 98.3 Å². The topological polar surface area (TPSA) is 50.4 Å². The van der Waals surface area contributed by atoms with Crippen molar-refractivity contribution in [1.82, 2.24) is 10.6 Å². The van der Waals surface area contributed by atoms with Crippen LogP contribution in [0.3, 0.4) is 0 Å². The van der Waals surface area contributed by atoms with E-state index in [0.717, 1.165) is 23.7 Å². The van der Waals surface area contributed by atoms with Gasteiger partial charge in [0.15, 0.2) is 0 Å². The number of ether oxygens (including phenoxy) is 1. The van der Waals surface area contributed by atoms with Crippen LogP contribution in [-0.4, -0.2) is 36.2 Å². The molecule has 10 unspecified atom stereocenters. The maximum absolute atomic E-state index is 11.7. The maximum atomic E-state index is 11.7. The second kappa shape index (κ2) is 8.08. The number of hydrogen-bond acceptors (Lipinski definition) is 3. The Kier molecular flexibility index (Phi) is 5.53. The van der Waals surface area contributed by atoms with E-state index in [4.69, 9.17) is 4.74 Å². The van der Waals surface area contributed by atoms with Crippen LogP contribution in [0.4, 0.5) is 0 Å². The summed E-state index contributed by atoms with van der Waals surface area (Å²) in [6.45, 7) is 10.4. The van der Waals surface area contributed by atoms with E-state index in [9.17, 15) is 4.79 Å². The van der Waals surface area contributed by atoms with E-state index in [1.165, 1.54) is 77.2 Å². The fourth-order valence-electron chi connectivity index (χ4n) is 10.0. The smallest absolute Gasteiger partial charge is 0.217 e. The molecule has 0 aromatic carbocycles. The van der Waals surface area contributed by atoms with Gasteiger partial charge in [-0.25, -0.2) is 0 Å². The Morgan fingerprint density at radius 1 is 1.15 bits per heavy atom. The molecule has 2 N–H and O–H groups in total. The number of amides is 1. The van der Waals surface area contributed by atoms with E-state index in [2.05, 4.69) is 31.4 Å². The average molecular weight is 455 g/mol. The van der Waals surface area contributed by atoms with Crippen molar-refractivity contribution in [3.8, 4) is 0 Å². The zero-order valence-corrected chi connectivity index (χ0v) is 21.4. The van der Waals surface area contributed by atoms with Crippen molar-refractivity contribution in [3.63, 3.8) is 0 Å². The van der Waals surface area contributed by atoms with Crippen LogP contribution in [0.25, 0.3) is 0 Å². The summed E-state index contributed by atoms with van der Waals surface area (Å²) in [4.78, 5) is 11.7. The summed E-state index contributed by atoms with van der Waals surface area (Å²) in [5, 5.41) is 7.06. The van der Waals surface area contributed by atoms with Gasteiger partial charge in [-0.05, 0) is 113 Å². The molecule has 1 spiro atoms. The van der Waals surface area contributed by atoms with Gasteiger partial charge in [0.2, 0.25) is 5.91 Å². The van der Waals surface area contributed by atoms with Gasteiger partial charge in [-0.15, -0.1) is 0 Å². The molecule has 5 fully saturated rings. The van der Waals surface area contributed by atoms with Crippen LogP contribution in [0.2, 0.25) is 0 Å². The third-order valence-corrected chi connectivity index (χ3v) is 11.7. The molecule has 6 rings (SSSR count). The highest BCUT2D eigenvalue weighted by Crippen LogP contribution is 2.65. The predicted octanol–water partition coefficient (Wildman–Crippen LogP) is 5.37. The van der Waals surface area contributed by atoms with E-state index in [-0.39, 0.29) is 11.5 Å². The van der Waals surface area contributed by atoms with Gasteiger partial charge in [0.1, 0.15) is 0 Å². The van der Waals surface area contributed by atoms with Crippen molar-refractivity contribution in [2.45, 2.75) is 122 Å². The van der Waals surface area contributed by atoms with Crippen LogP contribution < -0.4 is 10.6 Å². The molecule has 4 aliphatic carbocycles. The molecule has 4 nitrogen and oxygen atoms in total. The summed E-state index contributed by atoms with van der Waals surface area (Å²) in [6, 6.07) is 0.971. The average Bonchev–Trinajstić information content (AvgIpc) is 3.24. The maximum Gasteiger partial charge on any atom is 0.217 e. The molecule has 0 aromatic heterocycles. The Hall–Kier alpha value is -0.870. The number of piperidine rings is 1. The molecule has 2 saturated heterocycles. The fourth-order valence-corrected chi connectivity index (χ4v) is 10.0. The highest BCUT2D eigenvalue weighted by atomic mass is 16.5. The van der Waals surface area contributed by atoms with Gasteiger partial charge in [-0.3, -0.25) is 4.79 Å². The second-order valence-electron chi connectivity index (χ2n) is 13.2. The van der Waals surface area contributed by atoms with Gasteiger partial charge in [0.25, 0.3) is 0 Å². The van der Waals surface area contributed by atoms with Gasteiger partial charge >= 0.3 is 0 Å². The van der Waals surface area contributed by atoms with E-state index >= 15 is 0 Å². The molecule has 10 atom stereocenters. The van der Waals surface area contributed by atoms with Gasteiger partial charge in [0, 0.05) is 24.9 Å². The van der Waals surface area contributed by atoms with Crippen molar-refractivity contribution < 1.29 is 9.53 Å². The van der Waals surface area contributed by atoms with E-state index in [0.29, 0.717) is 29.5 Å². The van der Waals surface area contributed by atoms with Crippen molar-refractivity contribution in [1.29, 1.82) is 0 Å². The van der Waals surface area contributed by atoms with Gasteiger partial charge in [0.05, 0.1) is 11.7 Å². The molecular formula is C29H46N2O2. The lowest BCUT2D eigenvalue weighted by Gasteiger charge is -2.54. The quantitative estimate of drug-likeness (QED) is 0.524. The van der Waals surface area contributed by atoms with Gasteiger partial charge in [-0.2, -0.15) is 0 Å². The molecule has 2 heterocycles. The van der Waals surface area contributed by atoms with Gasteiger partial charge in [-0.1, -0.05) is 25.0 Å². The summed E-state index contributed by atoms with van der Waals surface area (Å²) in [7, 11) is 0. The molecule has 2 aliphatic heterocycles. The van der Waals surface area contributed by atoms with E-state index < -0.39 is 0 Å². The SMILES string of the molecule is CC(=O)NC1CCC2(C)C(CCC3C4CCC5(CC(C)=C4CC32)OC2CCCNC2C5C)C1. The molecule has 6 aliphatic rings. The number of fused-ring (bicyclic) bond motifs is 6. The Morgan fingerprint density at radius 2 is 2.00 bits per heavy atom. The third-order valence-electron chi connectivity index (χ3n) is 11.7. The Labute approximate surface area is 201 Å². The summed E-state index contributed by atoms with van der Waals surface area (Å²) < 4.78 is 6.98. The normalized spacial score (nSPS) is 51.4. The number of carbonyl (C=O) groups excluding carboxylic acids is 1. The lowest BCUT2D eigenvalue weighted by molar-refractivity contribution is -0.121. The molecule has 33 heavy (non-hydrogen) atoms. The highest BCUT2D eigenvalue weighted by Gasteiger charge is 2.59. The first-order valence-corrected chi connectivity index (χ1v) is 14.2. The minimum absolute atomic E-state index is 0.0706. The molecule has 0 bridgehead atoms. The number of nitrogens with one attached hydrogen (secondary N) is 2. The number of carbonyl (C=O) groups is 1. The van der Waals surface area contributed by atoms with Crippen LogP contribution in [-0.2, 0) is 9.53 Å². The Bertz CT molecular complexity index is 837. The fraction of sp³-hybridized carbons (Fsp3) is 0.897. The van der Waals surface area contributed by atoms with E-state index in [1.807, 2.05) is 5.57 Å². The molecule has 4 heteroatoms. The minimum atomic E-state index is 0.0706. The molecule has 1 amide bonds. The van der Waals surface area contributed by atoms with E-state index in [1.54, 1.807) is 12.5 Å². The van der Waals surface area contributed by atoms with Crippen LogP contribution >= 0.6 is 0 Å². The Balaban J connectivity index is 1.23. The molecule has 0 aromatic rings. The molecular weight excluding hydrogens is 408 g/mol. The summed E-state index contributed by atoms with van der Waals surface area (Å²) in [5.74, 6) is 4.07. The van der Waals surface area contributed by atoms with Crippen LogP contribution in [0.5, 0.6) is 0 Å². The van der Waals surface area contributed by atoms with Crippen LogP contribution in [0, 0.1) is 35.0 Å². The van der Waals surface area contributed by atoms with Crippen molar-refractivity contribution >= 4 is 5.91 Å². The second-order valence-corrected chi connectivity index (χ2v) is 13.2. The van der Waals surface area contributed by atoms with Crippen molar-refractivity contribution in [3.05, 3.63) is 11.1 Å². The first kappa shape index (κ1) is 22.6. The summed E-state index contributed by atoms with van der Waals surface area (Å²) in [6.07, 6.45) is 14.5. The monoisotopic (exact) mass is 454 g/mol. The standard InChI is InChI=1S/C29H46N2O2/c1-17-16-29(18(2)27-26(33-29)6-5-13-30-27)12-10-22-23-8-7-20-14-21(31-19(3)32)9-11-28(20,4)25(23)15-24(17)22/h18,20-23,25-27,30H,5-16H2,1-4H3,(H,31,32). The predicted molar refractivity (Wildman–Crippen MR) is 132 cm³/mol. The Morgan fingerprint density at radius 3 is 2.79 bits per heavy atom. The number of hydrogen-bond donors (Lipinski definition) is 2. The molecule has 184 valence electrons. The van der Waals surface area contributed by atoms with Gasteiger partial charge < -0.3 is 15.4 Å². The first-order chi connectivity index (χ1) is 15.8.